The summed E-state index contributed by atoms with van der Waals surface area (Å²) in [5.41, 5.74) is 6.55. The van der Waals surface area contributed by atoms with Crippen LogP contribution in [0.1, 0.15) is 70.8 Å². The Bertz CT molecular complexity index is 1230. The second kappa shape index (κ2) is 12.2. The van der Waals surface area contributed by atoms with E-state index >= 15 is 0 Å². The standard InChI is InChI=1S/C25H32Cl2FN7O2/c1-2-3-6-16(8-9-21(29)37)35-23-20(13-30-24(34-23)31-15-5-4-7-17(36)12-15)32-25(35)33-22-18(27)10-14(26)11-19(22)28/h10-11,13,15-17,36H,2-9,12H2,1H3,(H2,29,37)(H,32,33)(H,30,31,34)/t15-,16+,17+/m1/s1. The van der Waals surface area contributed by atoms with Gasteiger partial charge in [-0.05, 0) is 50.7 Å². The number of hydrogen-bond donors (Lipinski definition) is 4. The molecule has 0 saturated heterocycles. The van der Waals surface area contributed by atoms with E-state index in [1.54, 1.807) is 6.20 Å². The number of unbranched alkanes of at least 4 members (excludes halogenated alkanes) is 1. The second-order valence-corrected chi connectivity index (χ2v) is 10.4. The Morgan fingerprint density at radius 1 is 1.30 bits per heavy atom. The van der Waals surface area contributed by atoms with Gasteiger partial charge in [0.25, 0.3) is 0 Å². The summed E-state index contributed by atoms with van der Waals surface area (Å²) in [6.07, 6.45) is 7.75. The molecular formula is C25H32Cl2FN7O2. The number of amides is 1. The van der Waals surface area contributed by atoms with E-state index in [9.17, 15) is 14.3 Å². The van der Waals surface area contributed by atoms with Crippen LogP contribution in [0.5, 0.6) is 0 Å². The summed E-state index contributed by atoms with van der Waals surface area (Å²) in [5, 5.41) is 16.7. The highest BCUT2D eigenvalue weighted by molar-refractivity contribution is 6.36. The maximum Gasteiger partial charge on any atom is 0.224 e. The van der Waals surface area contributed by atoms with Crippen molar-refractivity contribution in [3.05, 3.63) is 34.2 Å². The number of benzene rings is 1. The molecule has 9 nitrogen and oxygen atoms in total. The number of carbonyl (C=O) groups excluding carboxylic acids is 1. The molecule has 1 saturated carbocycles. The summed E-state index contributed by atoms with van der Waals surface area (Å²) >= 11 is 12.3. The molecule has 200 valence electrons. The first-order valence-corrected chi connectivity index (χ1v) is 13.4. The lowest BCUT2D eigenvalue weighted by Gasteiger charge is -2.26. The molecule has 1 fully saturated rings. The molecule has 12 heteroatoms. The quantitative estimate of drug-likeness (QED) is 0.239. The van der Waals surface area contributed by atoms with Crippen LogP contribution in [0.3, 0.4) is 0 Å². The maximum absolute atomic E-state index is 14.8. The molecule has 2 aromatic heterocycles. The molecule has 1 aliphatic rings. The number of carbonyl (C=O) groups is 1. The number of primary amides is 1. The predicted molar refractivity (Wildman–Crippen MR) is 144 cm³/mol. The van der Waals surface area contributed by atoms with Gasteiger partial charge in [-0.2, -0.15) is 4.98 Å². The van der Waals surface area contributed by atoms with Crippen molar-refractivity contribution in [1.29, 1.82) is 0 Å². The van der Waals surface area contributed by atoms with Gasteiger partial charge in [0.15, 0.2) is 5.65 Å². The van der Waals surface area contributed by atoms with Crippen LogP contribution in [0.2, 0.25) is 10.0 Å². The van der Waals surface area contributed by atoms with Crippen molar-refractivity contribution in [1.82, 2.24) is 19.5 Å². The van der Waals surface area contributed by atoms with E-state index in [-0.39, 0.29) is 40.3 Å². The van der Waals surface area contributed by atoms with E-state index in [4.69, 9.17) is 33.9 Å². The summed E-state index contributed by atoms with van der Waals surface area (Å²) in [6.45, 7) is 2.09. The zero-order valence-corrected chi connectivity index (χ0v) is 22.2. The fraction of sp³-hybridized carbons (Fsp3) is 0.520. The summed E-state index contributed by atoms with van der Waals surface area (Å²) in [5.74, 6) is -0.287. The first-order valence-electron chi connectivity index (χ1n) is 12.6. The fourth-order valence-electron chi connectivity index (χ4n) is 4.80. The maximum atomic E-state index is 14.8. The third-order valence-corrected chi connectivity index (χ3v) is 7.15. The minimum absolute atomic E-state index is 0.0364. The van der Waals surface area contributed by atoms with Crippen molar-refractivity contribution in [2.24, 2.45) is 5.73 Å². The SMILES string of the molecule is CCCC[C@@H](CCC(N)=O)n1c(Nc2c(F)cc(Cl)cc2Cl)nc2cnc(N[C@@H]3CCC[C@H](O)C3)nc21. The number of halogens is 3. The average Bonchev–Trinajstić information content (AvgIpc) is 3.18. The van der Waals surface area contributed by atoms with E-state index in [1.165, 1.54) is 12.1 Å². The van der Waals surface area contributed by atoms with E-state index < -0.39 is 11.7 Å². The van der Waals surface area contributed by atoms with Crippen LogP contribution in [0.25, 0.3) is 11.2 Å². The van der Waals surface area contributed by atoms with Gasteiger partial charge >= 0.3 is 0 Å². The van der Waals surface area contributed by atoms with Crippen molar-refractivity contribution >= 4 is 57.9 Å². The lowest BCUT2D eigenvalue weighted by molar-refractivity contribution is -0.118. The Labute approximate surface area is 225 Å². The van der Waals surface area contributed by atoms with Gasteiger partial charge in [-0.1, -0.05) is 43.0 Å². The van der Waals surface area contributed by atoms with Gasteiger partial charge in [0.1, 0.15) is 11.3 Å². The normalized spacial score (nSPS) is 18.6. The highest BCUT2D eigenvalue weighted by Gasteiger charge is 2.25. The van der Waals surface area contributed by atoms with Crippen LogP contribution in [0.4, 0.5) is 22.0 Å². The Morgan fingerprint density at radius 2 is 2.11 bits per heavy atom. The fourth-order valence-corrected chi connectivity index (χ4v) is 5.31. The molecular weight excluding hydrogens is 520 g/mol. The van der Waals surface area contributed by atoms with Gasteiger partial charge in [-0.15, -0.1) is 0 Å². The molecule has 0 spiro atoms. The number of nitrogens with two attached hydrogens (primary N) is 1. The molecule has 0 aliphatic heterocycles. The lowest BCUT2D eigenvalue weighted by atomic mass is 9.93. The first kappa shape index (κ1) is 27.3. The zero-order chi connectivity index (χ0) is 26.5. The predicted octanol–water partition coefficient (Wildman–Crippen LogP) is 5.73. The van der Waals surface area contributed by atoms with Gasteiger partial charge in [0.2, 0.25) is 17.8 Å². The molecule has 3 atom stereocenters. The van der Waals surface area contributed by atoms with Gasteiger partial charge in [0.05, 0.1) is 23.0 Å². The third-order valence-electron chi connectivity index (χ3n) is 6.64. The number of imidazole rings is 1. The van der Waals surface area contributed by atoms with Gasteiger partial charge in [-0.25, -0.2) is 14.4 Å². The van der Waals surface area contributed by atoms with Crippen molar-refractivity contribution in [3.63, 3.8) is 0 Å². The molecule has 1 amide bonds. The van der Waals surface area contributed by atoms with Crippen molar-refractivity contribution in [2.75, 3.05) is 10.6 Å². The number of aliphatic hydroxyl groups is 1. The van der Waals surface area contributed by atoms with Crippen molar-refractivity contribution in [3.8, 4) is 0 Å². The number of rotatable bonds is 11. The largest absolute Gasteiger partial charge is 0.393 e. The Kier molecular flexibility index (Phi) is 9.04. The number of fused-ring (bicyclic) bond motifs is 1. The minimum Gasteiger partial charge on any atom is -0.393 e. The number of anilines is 3. The molecule has 1 aliphatic carbocycles. The number of nitrogens with zero attached hydrogens (tertiary/aromatic N) is 4. The number of nitrogens with one attached hydrogen (secondary N) is 2. The van der Waals surface area contributed by atoms with Crippen LogP contribution in [-0.4, -0.2) is 42.7 Å². The average molecular weight is 552 g/mol. The molecule has 0 radical (unpaired) electrons. The molecule has 4 rings (SSSR count). The molecule has 3 aromatic rings. The minimum atomic E-state index is -0.623. The van der Waals surface area contributed by atoms with E-state index in [0.717, 1.165) is 38.5 Å². The van der Waals surface area contributed by atoms with E-state index in [2.05, 4.69) is 27.5 Å². The molecule has 0 bridgehead atoms. The summed E-state index contributed by atoms with van der Waals surface area (Å²) < 4.78 is 16.7. The van der Waals surface area contributed by atoms with E-state index in [0.29, 0.717) is 35.9 Å². The molecule has 37 heavy (non-hydrogen) atoms. The Morgan fingerprint density at radius 3 is 2.81 bits per heavy atom. The highest BCUT2D eigenvalue weighted by Crippen LogP contribution is 2.35. The monoisotopic (exact) mass is 551 g/mol. The topological polar surface area (TPSA) is 131 Å². The van der Waals surface area contributed by atoms with Crippen LogP contribution in [0.15, 0.2) is 18.3 Å². The van der Waals surface area contributed by atoms with Crippen LogP contribution >= 0.6 is 23.2 Å². The second-order valence-electron chi connectivity index (χ2n) is 9.54. The van der Waals surface area contributed by atoms with Crippen LogP contribution < -0.4 is 16.4 Å². The van der Waals surface area contributed by atoms with Crippen LogP contribution in [0, 0.1) is 5.82 Å². The van der Waals surface area contributed by atoms with E-state index in [1.807, 2.05) is 4.57 Å². The smallest absolute Gasteiger partial charge is 0.224 e. The van der Waals surface area contributed by atoms with Gasteiger partial charge in [-0.3, -0.25) is 9.36 Å². The van der Waals surface area contributed by atoms with Gasteiger partial charge < -0.3 is 21.5 Å². The number of hydrogen-bond acceptors (Lipinski definition) is 7. The molecule has 0 unspecified atom stereocenters. The Hall–Kier alpha value is -2.69. The summed E-state index contributed by atoms with van der Waals surface area (Å²) in [7, 11) is 0. The molecule has 1 aromatic carbocycles. The van der Waals surface area contributed by atoms with Crippen molar-refractivity contribution < 1.29 is 14.3 Å². The van der Waals surface area contributed by atoms with Gasteiger partial charge in [0, 0.05) is 23.5 Å². The Balaban J connectivity index is 1.77. The number of aromatic nitrogens is 4. The van der Waals surface area contributed by atoms with Crippen LogP contribution in [-0.2, 0) is 4.79 Å². The van der Waals surface area contributed by atoms with Crippen molar-refractivity contribution in [2.45, 2.75) is 82.9 Å². The molecule has 2 heterocycles. The first-order chi connectivity index (χ1) is 17.7. The lowest BCUT2D eigenvalue weighted by Crippen LogP contribution is -2.30. The summed E-state index contributed by atoms with van der Waals surface area (Å²) in [4.78, 5) is 25.5. The molecule has 5 N–H and O–H groups in total. The highest BCUT2D eigenvalue weighted by atomic mass is 35.5. The third kappa shape index (κ3) is 6.80. The summed E-state index contributed by atoms with van der Waals surface area (Å²) in [6, 6.07) is 2.49. The zero-order valence-electron chi connectivity index (χ0n) is 20.7. The number of aliphatic hydroxyl groups excluding tert-OH is 1.